The van der Waals surface area contributed by atoms with Gasteiger partial charge in [0, 0.05) is 22.6 Å². The number of ether oxygens (including phenoxy) is 2. The second-order valence-corrected chi connectivity index (χ2v) is 7.75. The molecular weight excluding hydrogens is 342 g/mol. The van der Waals surface area contributed by atoms with Gasteiger partial charge in [0.25, 0.3) is 0 Å². The fourth-order valence-corrected chi connectivity index (χ4v) is 5.42. The van der Waals surface area contributed by atoms with E-state index in [2.05, 4.69) is 18.4 Å². The van der Waals surface area contributed by atoms with Gasteiger partial charge in [-0.2, -0.15) is 0 Å². The molecule has 0 saturated carbocycles. The van der Waals surface area contributed by atoms with Crippen LogP contribution in [0.2, 0.25) is 0 Å². The van der Waals surface area contributed by atoms with Crippen molar-refractivity contribution >= 4 is 29.0 Å². The van der Waals surface area contributed by atoms with Gasteiger partial charge in [0.2, 0.25) is 5.91 Å². The van der Waals surface area contributed by atoms with Gasteiger partial charge < -0.3 is 14.4 Å². The van der Waals surface area contributed by atoms with Crippen molar-refractivity contribution in [2.75, 3.05) is 20.0 Å². The summed E-state index contributed by atoms with van der Waals surface area (Å²) in [5.74, 6) is 2.45. The predicted molar refractivity (Wildman–Crippen MR) is 99.0 cm³/mol. The lowest BCUT2D eigenvalue weighted by molar-refractivity contribution is -0.132. The van der Waals surface area contributed by atoms with Crippen molar-refractivity contribution in [2.24, 2.45) is 0 Å². The Bertz CT molecular complexity index is 729. The van der Waals surface area contributed by atoms with Crippen LogP contribution >= 0.6 is 23.1 Å². The minimum Gasteiger partial charge on any atom is -0.493 e. The molecule has 0 radical (unpaired) electrons. The zero-order valence-corrected chi connectivity index (χ0v) is 15.7. The lowest BCUT2D eigenvalue weighted by atomic mass is 10.1. The van der Waals surface area contributed by atoms with Gasteiger partial charge in [0.05, 0.1) is 20.8 Å². The van der Waals surface area contributed by atoms with E-state index in [1.54, 1.807) is 25.6 Å². The summed E-state index contributed by atoms with van der Waals surface area (Å²) < 4.78 is 10.9. The van der Waals surface area contributed by atoms with Crippen LogP contribution in [0.1, 0.15) is 27.8 Å². The average molecular weight is 364 g/mol. The maximum Gasteiger partial charge on any atom is 0.224 e. The Balaban J connectivity index is 1.94. The van der Waals surface area contributed by atoms with E-state index in [1.165, 1.54) is 10.4 Å². The molecule has 1 aromatic heterocycles. The molecule has 0 bridgehead atoms. The van der Waals surface area contributed by atoms with Gasteiger partial charge in [-0.15, -0.1) is 23.1 Å². The third-order valence-electron chi connectivity index (χ3n) is 4.15. The number of nitrogens with zero attached hydrogens (tertiary/aromatic N) is 1. The number of thiophene rings is 1. The smallest absolute Gasteiger partial charge is 0.224 e. The second kappa shape index (κ2) is 7.49. The molecule has 6 heteroatoms. The molecule has 1 saturated heterocycles. The Kier molecular flexibility index (Phi) is 5.36. The van der Waals surface area contributed by atoms with Crippen LogP contribution in [0.25, 0.3) is 0 Å². The Morgan fingerprint density at radius 3 is 2.75 bits per heavy atom. The molecule has 1 atom stereocenters. The number of carbonyl (C=O) groups excluding carboxylic acids is 1. The molecule has 1 aromatic carbocycles. The summed E-state index contributed by atoms with van der Waals surface area (Å²) in [6.45, 7) is 2.63. The maximum absolute atomic E-state index is 12.6. The average Bonchev–Trinajstić information content (AvgIpc) is 3.02. The van der Waals surface area contributed by atoms with Crippen LogP contribution in [0.5, 0.6) is 11.5 Å². The van der Waals surface area contributed by atoms with E-state index in [0.717, 1.165) is 11.3 Å². The van der Waals surface area contributed by atoms with Gasteiger partial charge in [-0.25, -0.2) is 0 Å². The van der Waals surface area contributed by atoms with Crippen LogP contribution in [0, 0.1) is 6.92 Å². The first-order chi connectivity index (χ1) is 11.7. The van der Waals surface area contributed by atoms with E-state index in [0.29, 0.717) is 24.5 Å². The van der Waals surface area contributed by atoms with E-state index < -0.39 is 0 Å². The third kappa shape index (κ3) is 3.26. The maximum atomic E-state index is 12.6. The van der Waals surface area contributed by atoms with Crippen LogP contribution in [-0.2, 0) is 11.3 Å². The molecule has 1 amide bonds. The summed E-state index contributed by atoms with van der Waals surface area (Å²) >= 11 is 3.55. The van der Waals surface area contributed by atoms with Crippen LogP contribution in [0.4, 0.5) is 0 Å². The van der Waals surface area contributed by atoms with Crippen molar-refractivity contribution < 1.29 is 14.3 Å². The van der Waals surface area contributed by atoms with Crippen molar-refractivity contribution in [1.29, 1.82) is 0 Å². The number of hydrogen-bond acceptors (Lipinski definition) is 5. The highest BCUT2D eigenvalue weighted by molar-refractivity contribution is 7.99. The molecular formula is C18H21NO3S2. The zero-order valence-electron chi connectivity index (χ0n) is 14.1. The number of aryl methyl sites for hydroxylation is 1. The number of amides is 1. The quantitative estimate of drug-likeness (QED) is 0.796. The van der Waals surface area contributed by atoms with Gasteiger partial charge in [-0.05, 0) is 30.0 Å². The normalized spacial score (nSPS) is 17.9. The summed E-state index contributed by atoms with van der Waals surface area (Å²) in [6, 6.07) is 7.91. The highest BCUT2D eigenvalue weighted by Gasteiger charge is 2.32. The molecule has 1 fully saturated rings. The molecule has 0 aliphatic carbocycles. The summed E-state index contributed by atoms with van der Waals surface area (Å²) in [7, 11) is 3.26. The Morgan fingerprint density at radius 1 is 1.25 bits per heavy atom. The van der Waals surface area contributed by atoms with Crippen LogP contribution in [0.3, 0.4) is 0 Å². The fourth-order valence-electron chi connectivity index (χ4n) is 2.91. The Morgan fingerprint density at radius 2 is 2.08 bits per heavy atom. The number of para-hydroxylation sites is 1. The predicted octanol–water partition coefficient (Wildman–Crippen LogP) is 4.24. The second-order valence-electron chi connectivity index (χ2n) is 5.62. The molecule has 0 spiro atoms. The summed E-state index contributed by atoms with van der Waals surface area (Å²) in [4.78, 5) is 15.8. The third-order valence-corrected chi connectivity index (χ3v) is 6.61. The molecule has 3 rings (SSSR count). The number of thioether (sulfide) groups is 1. The summed E-state index contributed by atoms with van der Waals surface area (Å²) in [5, 5.41) is 2.16. The monoisotopic (exact) mass is 363 g/mol. The molecule has 1 unspecified atom stereocenters. The van der Waals surface area contributed by atoms with E-state index in [1.807, 2.05) is 34.9 Å². The molecule has 1 aliphatic rings. The molecule has 128 valence electrons. The number of hydrogen-bond donors (Lipinski definition) is 0. The van der Waals surface area contributed by atoms with Crippen molar-refractivity contribution in [3.8, 4) is 11.5 Å². The first-order valence-electron chi connectivity index (χ1n) is 7.80. The van der Waals surface area contributed by atoms with Gasteiger partial charge >= 0.3 is 0 Å². The van der Waals surface area contributed by atoms with Crippen molar-refractivity contribution in [3.63, 3.8) is 0 Å². The zero-order chi connectivity index (χ0) is 17.1. The molecule has 24 heavy (non-hydrogen) atoms. The first-order valence-corrected chi connectivity index (χ1v) is 9.73. The van der Waals surface area contributed by atoms with Crippen LogP contribution in [-0.4, -0.2) is 30.8 Å². The number of benzene rings is 1. The minimum absolute atomic E-state index is 0.0714. The van der Waals surface area contributed by atoms with Crippen molar-refractivity contribution in [3.05, 3.63) is 45.6 Å². The molecule has 2 aromatic rings. The van der Waals surface area contributed by atoms with Gasteiger partial charge in [-0.3, -0.25) is 4.79 Å². The largest absolute Gasteiger partial charge is 0.493 e. The number of carbonyl (C=O) groups is 1. The Labute approximate surface area is 150 Å². The number of rotatable bonds is 5. The minimum atomic E-state index is 0.0714. The molecule has 0 N–H and O–H groups in total. The van der Waals surface area contributed by atoms with E-state index in [9.17, 15) is 4.79 Å². The van der Waals surface area contributed by atoms with E-state index >= 15 is 0 Å². The van der Waals surface area contributed by atoms with Gasteiger partial charge in [0.1, 0.15) is 5.37 Å². The lowest BCUT2D eigenvalue weighted by Crippen LogP contribution is -2.36. The van der Waals surface area contributed by atoms with Crippen molar-refractivity contribution in [1.82, 2.24) is 4.90 Å². The summed E-state index contributed by atoms with van der Waals surface area (Å²) in [6.07, 6.45) is 0.581. The fraction of sp³-hybridized carbons (Fsp3) is 0.389. The van der Waals surface area contributed by atoms with Crippen LogP contribution in [0.15, 0.2) is 29.6 Å². The van der Waals surface area contributed by atoms with Gasteiger partial charge in [-0.1, -0.05) is 12.1 Å². The van der Waals surface area contributed by atoms with Crippen LogP contribution < -0.4 is 9.47 Å². The molecule has 1 aliphatic heterocycles. The number of methoxy groups -OCH3 is 2. The lowest BCUT2D eigenvalue weighted by Gasteiger charge is -2.35. The highest BCUT2D eigenvalue weighted by Crippen LogP contribution is 2.43. The molecule has 4 nitrogen and oxygen atoms in total. The van der Waals surface area contributed by atoms with Crippen molar-refractivity contribution in [2.45, 2.75) is 25.3 Å². The first kappa shape index (κ1) is 17.2. The highest BCUT2D eigenvalue weighted by atomic mass is 32.2. The van der Waals surface area contributed by atoms with Gasteiger partial charge in [0.15, 0.2) is 11.5 Å². The SMILES string of the molecule is COc1cccc(CN2C(=O)CCSC2c2sccc2C)c1OC. The standard InChI is InChI=1S/C18H21NO3S2/c1-12-7-9-23-17(12)18-19(15(20)8-10-24-18)11-13-5-4-6-14(21-2)16(13)22-3/h4-7,9,18H,8,10-11H2,1-3H3. The van der Waals surface area contributed by atoms with E-state index in [-0.39, 0.29) is 11.3 Å². The summed E-state index contributed by atoms with van der Waals surface area (Å²) in [5.41, 5.74) is 2.21. The van der Waals surface area contributed by atoms with E-state index in [4.69, 9.17) is 9.47 Å². The topological polar surface area (TPSA) is 38.8 Å². The molecule has 2 heterocycles. The Hall–Kier alpha value is -1.66.